The normalized spacial score (nSPS) is 18.7. The lowest BCUT2D eigenvalue weighted by Crippen LogP contribution is -2.19. The van der Waals surface area contributed by atoms with E-state index in [1.54, 1.807) is 0 Å². The highest BCUT2D eigenvalue weighted by Crippen LogP contribution is 2.21. The molecule has 1 saturated heterocycles. The second-order valence-corrected chi connectivity index (χ2v) is 4.84. The number of aromatic nitrogens is 3. The van der Waals surface area contributed by atoms with Gasteiger partial charge < -0.3 is 15.0 Å². The highest BCUT2D eigenvalue weighted by molar-refractivity contribution is 5.62. The molecule has 0 amide bonds. The molecule has 2 aromatic heterocycles. The topological polar surface area (TPSA) is 62.8 Å². The van der Waals surface area contributed by atoms with Crippen molar-refractivity contribution in [2.75, 3.05) is 18.5 Å². The summed E-state index contributed by atoms with van der Waals surface area (Å²) in [4.78, 5) is 12.0. The van der Waals surface area contributed by atoms with Crippen LogP contribution in [0.4, 0.5) is 5.95 Å². The third-order valence-electron chi connectivity index (χ3n) is 3.35. The maximum absolute atomic E-state index is 5.58. The SMILES string of the molecule is Cc1cnc(NC[C@@H]2CCCO2)nc1-c1cc[nH]c1. The van der Waals surface area contributed by atoms with Crippen LogP contribution in [0, 0.1) is 6.92 Å². The van der Waals surface area contributed by atoms with Gasteiger partial charge in [0.2, 0.25) is 5.95 Å². The summed E-state index contributed by atoms with van der Waals surface area (Å²) in [6.07, 6.45) is 8.25. The van der Waals surface area contributed by atoms with E-state index in [4.69, 9.17) is 4.74 Å². The number of H-pyrrole nitrogens is 1. The smallest absolute Gasteiger partial charge is 0.223 e. The minimum atomic E-state index is 0.292. The minimum absolute atomic E-state index is 0.292. The number of hydrogen-bond acceptors (Lipinski definition) is 4. The van der Waals surface area contributed by atoms with E-state index in [2.05, 4.69) is 20.3 Å². The first-order chi connectivity index (χ1) is 9.33. The van der Waals surface area contributed by atoms with Gasteiger partial charge in [-0.05, 0) is 31.4 Å². The van der Waals surface area contributed by atoms with Crippen LogP contribution in [0.25, 0.3) is 11.3 Å². The van der Waals surface area contributed by atoms with Gasteiger partial charge in [-0.2, -0.15) is 0 Å². The van der Waals surface area contributed by atoms with Crippen LogP contribution < -0.4 is 5.32 Å². The molecule has 2 N–H and O–H groups in total. The van der Waals surface area contributed by atoms with Crippen LogP contribution in [0.15, 0.2) is 24.7 Å². The zero-order valence-corrected chi connectivity index (χ0v) is 11.0. The van der Waals surface area contributed by atoms with Gasteiger partial charge in [-0.1, -0.05) is 0 Å². The fraction of sp³-hybridized carbons (Fsp3) is 0.429. The summed E-state index contributed by atoms with van der Waals surface area (Å²) in [5.41, 5.74) is 3.12. The van der Waals surface area contributed by atoms with Gasteiger partial charge in [0.25, 0.3) is 0 Å². The molecule has 5 heteroatoms. The lowest BCUT2D eigenvalue weighted by atomic mass is 10.1. The fourth-order valence-corrected chi connectivity index (χ4v) is 2.30. The summed E-state index contributed by atoms with van der Waals surface area (Å²) in [7, 11) is 0. The predicted octanol–water partition coefficient (Wildman–Crippen LogP) is 2.37. The van der Waals surface area contributed by atoms with Crippen molar-refractivity contribution in [1.82, 2.24) is 15.0 Å². The van der Waals surface area contributed by atoms with E-state index in [0.717, 1.165) is 42.8 Å². The molecule has 1 atom stereocenters. The van der Waals surface area contributed by atoms with Crippen molar-refractivity contribution < 1.29 is 4.74 Å². The van der Waals surface area contributed by atoms with Crippen LogP contribution in [0.5, 0.6) is 0 Å². The highest BCUT2D eigenvalue weighted by atomic mass is 16.5. The molecule has 0 aromatic carbocycles. The minimum Gasteiger partial charge on any atom is -0.376 e. The van der Waals surface area contributed by atoms with Crippen molar-refractivity contribution >= 4 is 5.95 Å². The van der Waals surface area contributed by atoms with Gasteiger partial charge in [-0.15, -0.1) is 0 Å². The average molecular weight is 258 g/mol. The standard InChI is InChI=1S/C14H18N4O/c1-10-7-16-14(17-9-12-3-2-6-19-12)18-13(10)11-4-5-15-8-11/h4-5,7-8,12,15H,2-3,6,9H2,1H3,(H,16,17,18)/t12-/m0/s1. The third-order valence-corrected chi connectivity index (χ3v) is 3.35. The molecule has 0 aliphatic carbocycles. The summed E-state index contributed by atoms with van der Waals surface area (Å²) in [5, 5.41) is 3.26. The zero-order valence-electron chi connectivity index (χ0n) is 11.0. The summed E-state index contributed by atoms with van der Waals surface area (Å²) in [5.74, 6) is 0.664. The number of nitrogens with zero attached hydrogens (tertiary/aromatic N) is 2. The molecule has 2 aromatic rings. The Hall–Kier alpha value is -1.88. The van der Waals surface area contributed by atoms with Crippen LogP contribution in [-0.2, 0) is 4.74 Å². The zero-order chi connectivity index (χ0) is 13.1. The van der Waals surface area contributed by atoms with Crippen LogP contribution in [-0.4, -0.2) is 34.2 Å². The van der Waals surface area contributed by atoms with Gasteiger partial charge in [0.05, 0.1) is 11.8 Å². The van der Waals surface area contributed by atoms with Crippen molar-refractivity contribution in [3.05, 3.63) is 30.2 Å². The van der Waals surface area contributed by atoms with E-state index in [9.17, 15) is 0 Å². The lowest BCUT2D eigenvalue weighted by Gasteiger charge is -2.11. The number of anilines is 1. The molecule has 5 nitrogen and oxygen atoms in total. The molecule has 1 aliphatic rings. The average Bonchev–Trinajstić information content (AvgIpc) is 3.11. The largest absolute Gasteiger partial charge is 0.376 e. The molecule has 1 fully saturated rings. The highest BCUT2D eigenvalue weighted by Gasteiger charge is 2.15. The van der Waals surface area contributed by atoms with Crippen molar-refractivity contribution in [2.24, 2.45) is 0 Å². The van der Waals surface area contributed by atoms with Crippen molar-refractivity contribution in [1.29, 1.82) is 0 Å². The molecular formula is C14H18N4O. The molecule has 19 heavy (non-hydrogen) atoms. The molecule has 0 spiro atoms. The van der Waals surface area contributed by atoms with Gasteiger partial charge in [0.15, 0.2) is 0 Å². The molecule has 100 valence electrons. The van der Waals surface area contributed by atoms with E-state index >= 15 is 0 Å². The number of aryl methyl sites for hydroxylation is 1. The number of rotatable bonds is 4. The summed E-state index contributed by atoms with van der Waals surface area (Å²) in [6.45, 7) is 3.66. The first-order valence-corrected chi connectivity index (χ1v) is 6.65. The van der Waals surface area contributed by atoms with E-state index in [1.165, 1.54) is 0 Å². The Morgan fingerprint density at radius 1 is 1.53 bits per heavy atom. The maximum atomic E-state index is 5.58. The predicted molar refractivity (Wildman–Crippen MR) is 74.0 cm³/mol. The molecule has 0 saturated carbocycles. The van der Waals surface area contributed by atoms with Crippen molar-refractivity contribution in [3.8, 4) is 11.3 Å². The van der Waals surface area contributed by atoms with Crippen LogP contribution in [0.1, 0.15) is 18.4 Å². The number of aromatic amines is 1. The first kappa shape index (κ1) is 12.2. The number of ether oxygens (including phenoxy) is 1. The number of hydrogen-bond donors (Lipinski definition) is 2. The monoisotopic (exact) mass is 258 g/mol. The molecule has 0 radical (unpaired) electrons. The quantitative estimate of drug-likeness (QED) is 0.883. The lowest BCUT2D eigenvalue weighted by molar-refractivity contribution is 0.120. The van der Waals surface area contributed by atoms with Crippen LogP contribution >= 0.6 is 0 Å². The fourth-order valence-electron chi connectivity index (χ4n) is 2.30. The Balaban J connectivity index is 1.73. The Bertz CT molecular complexity index is 532. The summed E-state index contributed by atoms with van der Waals surface area (Å²) in [6, 6.07) is 2.01. The number of nitrogens with one attached hydrogen (secondary N) is 2. The molecule has 0 unspecified atom stereocenters. The van der Waals surface area contributed by atoms with Gasteiger partial charge >= 0.3 is 0 Å². The van der Waals surface area contributed by atoms with E-state index < -0.39 is 0 Å². The Morgan fingerprint density at radius 2 is 2.47 bits per heavy atom. The Labute approximate surface area is 112 Å². The summed E-state index contributed by atoms with van der Waals surface area (Å²) < 4.78 is 5.58. The van der Waals surface area contributed by atoms with Gasteiger partial charge in [0, 0.05) is 37.3 Å². The van der Waals surface area contributed by atoms with Crippen LogP contribution in [0.3, 0.4) is 0 Å². The maximum Gasteiger partial charge on any atom is 0.223 e. The van der Waals surface area contributed by atoms with E-state index in [-0.39, 0.29) is 0 Å². The van der Waals surface area contributed by atoms with E-state index in [1.807, 2.05) is 31.6 Å². The van der Waals surface area contributed by atoms with Gasteiger partial charge in [0.1, 0.15) is 0 Å². The first-order valence-electron chi connectivity index (χ1n) is 6.65. The second kappa shape index (κ2) is 5.40. The molecule has 0 bridgehead atoms. The molecule has 3 heterocycles. The molecular weight excluding hydrogens is 240 g/mol. The summed E-state index contributed by atoms with van der Waals surface area (Å²) >= 11 is 0. The van der Waals surface area contributed by atoms with Crippen molar-refractivity contribution in [3.63, 3.8) is 0 Å². The molecule has 3 rings (SSSR count). The van der Waals surface area contributed by atoms with E-state index in [0.29, 0.717) is 12.1 Å². The van der Waals surface area contributed by atoms with Gasteiger partial charge in [-0.25, -0.2) is 9.97 Å². The van der Waals surface area contributed by atoms with Crippen LogP contribution in [0.2, 0.25) is 0 Å². The van der Waals surface area contributed by atoms with Crippen molar-refractivity contribution in [2.45, 2.75) is 25.9 Å². The molecule has 1 aliphatic heterocycles. The Morgan fingerprint density at radius 3 is 3.21 bits per heavy atom. The second-order valence-electron chi connectivity index (χ2n) is 4.84. The Kier molecular flexibility index (Phi) is 3.46. The third kappa shape index (κ3) is 2.76. The van der Waals surface area contributed by atoms with Gasteiger partial charge in [-0.3, -0.25) is 0 Å².